The minimum atomic E-state index is 0.0504. The highest BCUT2D eigenvalue weighted by Crippen LogP contribution is 2.30. The summed E-state index contributed by atoms with van der Waals surface area (Å²) in [6.45, 7) is 1.52. The minimum Gasteiger partial charge on any atom is -0.497 e. The fraction of sp³-hybridized carbons (Fsp3) is 0.529. The second-order valence-electron chi connectivity index (χ2n) is 6.14. The number of hydrogen-bond acceptors (Lipinski definition) is 3. The van der Waals surface area contributed by atoms with Crippen molar-refractivity contribution in [3.63, 3.8) is 0 Å². The van der Waals surface area contributed by atoms with Gasteiger partial charge in [0.05, 0.1) is 13.8 Å². The van der Waals surface area contributed by atoms with Gasteiger partial charge in [0.25, 0.3) is 0 Å². The molecule has 3 rings (SSSR count). The lowest BCUT2D eigenvalue weighted by atomic mass is 10.1. The monoisotopic (exact) mass is 302 g/mol. The summed E-state index contributed by atoms with van der Waals surface area (Å²) >= 11 is 0. The fourth-order valence-corrected chi connectivity index (χ4v) is 2.77. The Hall–Kier alpha value is -2.04. The molecular weight excluding hydrogens is 280 g/mol. The van der Waals surface area contributed by atoms with Crippen LogP contribution in [0.5, 0.6) is 5.75 Å². The molecule has 0 radical (unpaired) electrons. The lowest BCUT2D eigenvalue weighted by Crippen LogP contribution is -2.32. The molecule has 2 fully saturated rings. The van der Waals surface area contributed by atoms with Gasteiger partial charge in [-0.2, -0.15) is 0 Å². The van der Waals surface area contributed by atoms with Crippen LogP contribution in [0.15, 0.2) is 24.3 Å². The van der Waals surface area contributed by atoms with Crippen molar-refractivity contribution in [3.05, 3.63) is 29.8 Å². The highest BCUT2D eigenvalue weighted by molar-refractivity contribution is 5.87. The van der Waals surface area contributed by atoms with E-state index >= 15 is 0 Å². The molecule has 2 amide bonds. The van der Waals surface area contributed by atoms with Crippen LogP contribution in [0.3, 0.4) is 0 Å². The van der Waals surface area contributed by atoms with Gasteiger partial charge in [-0.25, -0.2) is 0 Å². The molecule has 118 valence electrons. The van der Waals surface area contributed by atoms with Gasteiger partial charge >= 0.3 is 0 Å². The van der Waals surface area contributed by atoms with Gasteiger partial charge in [0.2, 0.25) is 11.8 Å². The summed E-state index contributed by atoms with van der Waals surface area (Å²) in [6, 6.07) is 7.75. The molecule has 0 atom stereocenters. The van der Waals surface area contributed by atoms with Crippen LogP contribution >= 0.6 is 0 Å². The normalized spacial score (nSPS) is 18.0. The van der Waals surface area contributed by atoms with E-state index in [1.165, 1.54) is 12.8 Å². The largest absolute Gasteiger partial charge is 0.497 e. The molecule has 0 spiro atoms. The average Bonchev–Trinajstić information content (AvgIpc) is 3.27. The number of rotatable bonds is 6. The number of aryl methyl sites for hydroxylation is 1. The fourth-order valence-electron chi connectivity index (χ4n) is 2.77. The highest BCUT2D eigenvalue weighted by Gasteiger charge is 2.34. The molecule has 0 bridgehead atoms. The second-order valence-corrected chi connectivity index (χ2v) is 6.14. The summed E-state index contributed by atoms with van der Waals surface area (Å²) in [7, 11) is 1.63. The first-order valence-electron chi connectivity index (χ1n) is 7.84. The van der Waals surface area contributed by atoms with E-state index in [4.69, 9.17) is 4.74 Å². The van der Waals surface area contributed by atoms with E-state index in [2.05, 4.69) is 0 Å². The number of amides is 2. The predicted molar refractivity (Wildman–Crippen MR) is 82.3 cm³/mol. The Bertz CT molecular complexity index is 569. The van der Waals surface area contributed by atoms with Crippen molar-refractivity contribution in [2.45, 2.75) is 25.7 Å². The van der Waals surface area contributed by atoms with Crippen molar-refractivity contribution in [1.29, 1.82) is 0 Å². The first-order chi connectivity index (χ1) is 10.7. The molecule has 0 N–H and O–H groups in total. The third-order valence-electron chi connectivity index (χ3n) is 4.31. The van der Waals surface area contributed by atoms with Crippen LogP contribution in [0.4, 0.5) is 0 Å². The van der Waals surface area contributed by atoms with Crippen molar-refractivity contribution in [1.82, 2.24) is 9.80 Å². The van der Waals surface area contributed by atoms with Crippen LogP contribution < -0.4 is 4.74 Å². The van der Waals surface area contributed by atoms with Gasteiger partial charge in [-0.1, -0.05) is 12.1 Å². The van der Waals surface area contributed by atoms with Gasteiger partial charge in [0.15, 0.2) is 0 Å². The summed E-state index contributed by atoms with van der Waals surface area (Å²) in [5.74, 6) is 1.60. The van der Waals surface area contributed by atoms with Gasteiger partial charge in [-0.3, -0.25) is 9.59 Å². The molecular formula is C17H22N2O3. The predicted octanol–water partition coefficient (Wildman–Crippen LogP) is 1.67. The summed E-state index contributed by atoms with van der Waals surface area (Å²) in [6.07, 6.45) is 3.53. The first kappa shape index (κ1) is 14.9. The first-order valence-corrected chi connectivity index (χ1v) is 7.84. The van der Waals surface area contributed by atoms with E-state index in [1.807, 2.05) is 29.2 Å². The number of carbonyl (C=O) groups excluding carboxylic acids is 2. The standard InChI is InChI=1S/C17H22N2O3/c1-22-15-4-2-3-13(9-15)7-8-16(20)19-11-17(21)18(12-19)10-14-5-6-14/h2-4,9,14H,5-8,10-12H2,1H3. The Kier molecular flexibility index (Phi) is 4.32. The Morgan fingerprint density at radius 3 is 2.91 bits per heavy atom. The topological polar surface area (TPSA) is 49.9 Å². The maximum absolute atomic E-state index is 12.3. The third kappa shape index (κ3) is 3.59. The van der Waals surface area contributed by atoms with Gasteiger partial charge < -0.3 is 14.5 Å². The number of hydrogen-bond donors (Lipinski definition) is 0. The van der Waals surface area contributed by atoms with Crippen LogP contribution in [0.25, 0.3) is 0 Å². The maximum Gasteiger partial charge on any atom is 0.243 e. The maximum atomic E-state index is 12.3. The van der Waals surface area contributed by atoms with E-state index in [0.29, 0.717) is 25.4 Å². The van der Waals surface area contributed by atoms with Crippen molar-refractivity contribution < 1.29 is 14.3 Å². The van der Waals surface area contributed by atoms with E-state index in [-0.39, 0.29) is 18.4 Å². The van der Waals surface area contributed by atoms with Crippen molar-refractivity contribution >= 4 is 11.8 Å². The van der Waals surface area contributed by atoms with E-state index in [9.17, 15) is 9.59 Å². The molecule has 1 saturated carbocycles. The van der Waals surface area contributed by atoms with Crippen LogP contribution in [0.2, 0.25) is 0 Å². The average molecular weight is 302 g/mol. The van der Waals surface area contributed by atoms with Crippen LogP contribution in [0.1, 0.15) is 24.8 Å². The molecule has 1 aromatic carbocycles. The van der Waals surface area contributed by atoms with Crippen molar-refractivity contribution in [2.75, 3.05) is 26.9 Å². The molecule has 0 aromatic heterocycles. The lowest BCUT2D eigenvalue weighted by Gasteiger charge is -2.18. The van der Waals surface area contributed by atoms with E-state index in [0.717, 1.165) is 17.9 Å². The number of nitrogens with zero attached hydrogens (tertiary/aromatic N) is 2. The van der Waals surface area contributed by atoms with Crippen LogP contribution in [0, 0.1) is 5.92 Å². The van der Waals surface area contributed by atoms with Crippen LogP contribution in [-0.2, 0) is 16.0 Å². The zero-order valence-electron chi connectivity index (χ0n) is 13.0. The zero-order valence-corrected chi connectivity index (χ0v) is 13.0. The molecule has 1 aliphatic carbocycles. The Morgan fingerprint density at radius 1 is 1.36 bits per heavy atom. The number of ether oxygens (including phenoxy) is 1. The molecule has 1 saturated heterocycles. The summed E-state index contributed by atoms with van der Waals surface area (Å²) in [5.41, 5.74) is 1.08. The molecule has 2 aliphatic rings. The Labute approximate surface area is 130 Å². The molecule has 22 heavy (non-hydrogen) atoms. The van der Waals surface area contributed by atoms with Gasteiger partial charge in [0.1, 0.15) is 12.3 Å². The SMILES string of the molecule is COc1cccc(CCC(=O)N2CC(=O)N(CC3CC3)C2)c1. The van der Waals surface area contributed by atoms with E-state index in [1.54, 1.807) is 12.0 Å². The third-order valence-corrected chi connectivity index (χ3v) is 4.31. The molecule has 5 heteroatoms. The molecule has 1 aromatic rings. The van der Waals surface area contributed by atoms with Crippen molar-refractivity contribution in [3.8, 4) is 5.75 Å². The Balaban J connectivity index is 1.50. The highest BCUT2D eigenvalue weighted by atomic mass is 16.5. The summed E-state index contributed by atoms with van der Waals surface area (Å²) < 4.78 is 5.19. The Morgan fingerprint density at radius 2 is 2.18 bits per heavy atom. The second kappa shape index (κ2) is 6.38. The molecule has 1 aliphatic heterocycles. The number of carbonyl (C=O) groups is 2. The quantitative estimate of drug-likeness (QED) is 0.803. The molecule has 0 unspecified atom stereocenters. The zero-order chi connectivity index (χ0) is 15.5. The van der Waals surface area contributed by atoms with Crippen LogP contribution in [-0.4, -0.2) is 48.5 Å². The van der Waals surface area contributed by atoms with Crippen molar-refractivity contribution in [2.24, 2.45) is 5.92 Å². The summed E-state index contributed by atoms with van der Waals surface area (Å²) in [4.78, 5) is 27.7. The number of benzene rings is 1. The molecule has 1 heterocycles. The minimum absolute atomic E-state index is 0.0504. The van der Waals surface area contributed by atoms with Gasteiger partial charge in [-0.15, -0.1) is 0 Å². The van der Waals surface area contributed by atoms with E-state index < -0.39 is 0 Å². The smallest absolute Gasteiger partial charge is 0.243 e. The van der Waals surface area contributed by atoms with Gasteiger partial charge in [-0.05, 0) is 42.9 Å². The molecule has 5 nitrogen and oxygen atoms in total. The lowest BCUT2D eigenvalue weighted by molar-refractivity contribution is -0.131. The summed E-state index contributed by atoms with van der Waals surface area (Å²) in [5, 5.41) is 0. The van der Waals surface area contributed by atoms with Gasteiger partial charge in [0, 0.05) is 13.0 Å². The number of methoxy groups -OCH3 is 1.